The molecule has 4 heteroatoms. The lowest BCUT2D eigenvalue weighted by Crippen LogP contribution is -2.36. The van der Waals surface area contributed by atoms with Crippen LogP contribution < -0.4 is 5.32 Å². The maximum atomic E-state index is 9.75. The van der Waals surface area contributed by atoms with Crippen LogP contribution in [0.1, 0.15) is 18.5 Å². The Labute approximate surface area is 108 Å². The summed E-state index contributed by atoms with van der Waals surface area (Å²) >= 11 is 6.16. The van der Waals surface area contributed by atoms with E-state index in [1.807, 2.05) is 38.4 Å². The summed E-state index contributed by atoms with van der Waals surface area (Å²) < 4.78 is 0. The minimum absolute atomic E-state index is 0.190. The van der Waals surface area contributed by atoms with Crippen LogP contribution in [0.25, 0.3) is 0 Å². The summed E-state index contributed by atoms with van der Waals surface area (Å²) in [7, 11) is 3.83. The van der Waals surface area contributed by atoms with Gasteiger partial charge in [-0.05, 0) is 32.6 Å². The zero-order valence-electron chi connectivity index (χ0n) is 10.7. The van der Waals surface area contributed by atoms with Gasteiger partial charge >= 0.3 is 0 Å². The van der Waals surface area contributed by atoms with Crippen LogP contribution in [-0.4, -0.2) is 43.3 Å². The molecule has 2 N–H and O–H groups in total. The van der Waals surface area contributed by atoms with Crippen molar-refractivity contribution in [1.82, 2.24) is 10.2 Å². The number of benzene rings is 1. The Hall–Kier alpha value is -0.610. The first kappa shape index (κ1) is 14.5. The van der Waals surface area contributed by atoms with E-state index in [9.17, 15) is 5.11 Å². The fraction of sp³-hybridized carbons (Fsp3) is 0.538. The van der Waals surface area contributed by atoms with Gasteiger partial charge in [0.25, 0.3) is 0 Å². The smallest absolute Gasteiger partial charge is 0.0791 e. The largest absolute Gasteiger partial charge is 0.390 e. The normalized spacial score (nSPS) is 14.9. The number of halogens is 1. The molecule has 0 aliphatic rings. The van der Waals surface area contributed by atoms with Crippen LogP contribution in [0.2, 0.25) is 5.02 Å². The highest BCUT2D eigenvalue weighted by molar-refractivity contribution is 6.31. The molecule has 3 nitrogen and oxygen atoms in total. The SMILES string of the molecule is CNCC(O)CN(C)C(C)c1ccccc1Cl. The van der Waals surface area contributed by atoms with Gasteiger partial charge in [-0.15, -0.1) is 0 Å². The minimum Gasteiger partial charge on any atom is -0.390 e. The van der Waals surface area contributed by atoms with Crippen LogP contribution in [0.5, 0.6) is 0 Å². The fourth-order valence-corrected chi connectivity index (χ4v) is 2.14. The molecule has 1 rings (SSSR count). The van der Waals surface area contributed by atoms with Crippen molar-refractivity contribution in [3.05, 3.63) is 34.9 Å². The third kappa shape index (κ3) is 4.28. The third-order valence-electron chi connectivity index (χ3n) is 2.95. The van der Waals surface area contributed by atoms with Crippen LogP contribution in [-0.2, 0) is 0 Å². The van der Waals surface area contributed by atoms with Gasteiger partial charge < -0.3 is 10.4 Å². The van der Waals surface area contributed by atoms with Gasteiger partial charge in [0.2, 0.25) is 0 Å². The summed E-state index contributed by atoms with van der Waals surface area (Å²) in [5.74, 6) is 0. The number of likely N-dealkylation sites (N-methyl/N-ethyl adjacent to an activating group) is 2. The minimum atomic E-state index is -0.366. The number of aliphatic hydroxyl groups is 1. The monoisotopic (exact) mass is 256 g/mol. The van der Waals surface area contributed by atoms with Crippen LogP contribution in [0.3, 0.4) is 0 Å². The predicted molar refractivity (Wildman–Crippen MR) is 72.4 cm³/mol. The van der Waals surface area contributed by atoms with Gasteiger partial charge in [0.1, 0.15) is 0 Å². The molecule has 0 spiro atoms. The lowest BCUT2D eigenvalue weighted by molar-refractivity contribution is 0.108. The lowest BCUT2D eigenvalue weighted by Gasteiger charge is -2.27. The molecular formula is C13H21ClN2O. The zero-order chi connectivity index (χ0) is 12.8. The maximum absolute atomic E-state index is 9.75. The van der Waals surface area contributed by atoms with Gasteiger partial charge in [-0.25, -0.2) is 0 Å². The van der Waals surface area contributed by atoms with E-state index in [1.165, 1.54) is 0 Å². The summed E-state index contributed by atoms with van der Waals surface area (Å²) in [6.45, 7) is 3.31. The molecule has 2 atom stereocenters. The van der Waals surface area contributed by atoms with E-state index in [0.29, 0.717) is 13.1 Å². The first-order valence-corrected chi connectivity index (χ1v) is 6.21. The Kier molecular flexibility index (Phi) is 5.92. The van der Waals surface area contributed by atoms with Crippen molar-refractivity contribution in [3.8, 4) is 0 Å². The van der Waals surface area contributed by atoms with Crippen LogP contribution in [0, 0.1) is 0 Å². The number of nitrogens with one attached hydrogen (secondary N) is 1. The van der Waals surface area contributed by atoms with E-state index < -0.39 is 0 Å². The average molecular weight is 257 g/mol. The summed E-state index contributed by atoms with van der Waals surface area (Å²) in [6, 6.07) is 8.01. The van der Waals surface area contributed by atoms with Crippen LogP contribution >= 0.6 is 11.6 Å². The number of aliphatic hydroxyl groups excluding tert-OH is 1. The van der Waals surface area contributed by atoms with Crippen LogP contribution in [0.15, 0.2) is 24.3 Å². The molecule has 0 aromatic heterocycles. The van der Waals surface area contributed by atoms with E-state index in [-0.39, 0.29) is 12.1 Å². The summed E-state index contributed by atoms with van der Waals surface area (Å²) in [4.78, 5) is 2.10. The van der Waals surface area contributed by atoms with Crippen molar-refractivity contribution < 1.29 is 5.11 Å². The highest BCUT2D eigenvalue weighted by atomic mass is 35.5. The number of hydrogen-bond donors (Lipinski definition) is 2. The van der Waals surface area contributed by atoms with Gasteiger partial charge in [-0.2, -0.15) is 0 Å². The molecule has 0 aliphatic heterocycles. The molecule has 0 radical (unpaired) electrons. The molecule has 0 saturated heterocycles. The van der Waals surface area contributed by atoms with Gasteiger partial charge in [-0.1, -0.05) is 29.8 Å². The lowest BCUT2D eigenvalue weighted by atomic mass is 10.1. The Morgan fingerprint density at radius 3 is 2.65 bits per heavy atom. The van der Waals surface area contributed by atoms with Crippen molar-refractivity contribution in [3.63, 3.8) is 0 Å². The highest BCUT2D eigenvalue weighted by Gasteiger charge is 2.16. The molecule has 0 aliphatic carbocycles. The van der Waals surface area contributed by atoms with Crippen LogP contribution in [0.4, 0.5) is 0 Å². The second-order valence-corrected chi connectivity index (χ2v) is 4.76. The second kappa shape index (κ2) is 6.97. The first-order valence-electron chi connectivity index (χ1n) is 5.83. The molecule has 0 fully saturated rings. The molecule has 0 heterocycles. The molecule has 1 aromatic carbocycles. The third-order valence-corrected chi connectivity index (χ3v) is 3.30. The molecule has 0 bridgehead atoms. The highest BCUT2D eigenvalue weighted by Crippen LogP contribution is 2.25. The Morgan fingerprint density at radius 2 is 2.06 bits per heavy atom. The molecule has 17 heavy (non-hydrogen) atoms. The van der Waals surface area contributed by atoms with E-state index in [2.05, 4.69) is 17.1 Å². The second-order valence-electron chi connectivity index (χ2n) is 4.35. The predicted octanol–water partition coefficient (Wildman–Crippen LogP) is 1.91. The molecule has 0 amide bonds. The van der Waals surface area contributed by atoms with Crippen molar-refractivity contribution in [2.24, 2.45) is 0 Å². The number of nitrogens with zero attached hydrogens (tertiary/aromatic N) is 1. The quantitative estimate of drug-likeness (QED) is 0.816. The van der Waals surface area contributed by atoms with Gasteiger partial charge in [0, 0.05) is 24.2 Å². The first-order chi connectivity index (χ1) is 8.06. The fourth-order valence-electron chi connectivity index (χ4n) is 1.84. The number of rotatable bonds is 6. The summed E-state index contributed by atoms with van der Waals surface area (Å²) in [5.41, 5.74) is 1.09. The van der Waals surface area contributed by atoms with Crippen molar-refractivity contribution in [2.45, 2.75) is 19.1 Å². The Morgan fingerprint density at radius 1 is 1.41 bits per heavy atom. The zero-order valence-corrected chi connectivity index (χ0v) is 11.4. The van der Waals surface area contributed by atoms with E-state index in [1.54, 1.807) is 0 Å². The van der Waals surface area contributed by atoms with Gasteiger partial charge in [0.05, 0.1) is 6.10 Å². The topological polar surface area (TPSA) is 35.5 Å². The Balaban J connectivity index is 2.63. The summed E-state index contributed by atoms with van der Waals surface area (Å²) in [6.07, 6.45) is -0.366. The van der Waals surface area contributed by atoms with Crippen molar-refractivity contribution in [2.75, 3.05) is 27.2 Å². The van der Waals surface area contributed by atoms with E-state index in [4.69, 9.17) is 11.6 Å². The van der Waals surface area contributed by atoms with E-state index in [0.717, 1.165) is 10.6 Å². The number of hydrogen-bond acceptors (Lipinski definition) is 3. The summed E-state index contributed by atoms with van der Waals surface area (Å²) in [5, 5.41) is 13.5. The maximum Gasteiger partial charge on any atom is 0.0791 e. The van der Waals surface area contributed by atoms with Gasteiger partial charge in [-0.3, -0.25) is 4.90 Å². The van der Waals surface area contributed by atoms with Crippen molar-refractivity contribution >= 4 is 11.6 Å². The Bertz CT molecular complexity index is 346. The standard InChI is InChI=1S/C13H21ClN2O/c1-10(12-6-4-5-7-13(12)14)16(3)9-11(17)8-15-2/h4-7,10-11,15,17H,8-9H2,1-3H3. The molecule has 2 unspecified atom stereocenters. The molecular weight excluding hydrogens is 236 g/mol. The van der Waals surface area contributed by atoms with Gasteiger partial charge in [0.15, 0.2) is 0 Å². The van der Waals surface area contributed by atoms with E-state index >= 15 is 0 Å². The average Bonchev–Trinajstić information content (AvgIpc) is 2.29. The van der Waals surface area contributed by atoms with Crippen molar-refractivity contribution in [1.29, 1.82) is 0 Å². The molecule has 96 valence electrons. The molecule has 0 saturated carbocycles. The molecule has 1 aromatic rings.